The van der Waals surface area contributed by atoms with Crippen molar-refractivity contribution in [3.05, 3.63) is 0 Å². The molecule has 25 heavy (non-hydrogen) atoms. The van der Waals surface area contributed by atoms with Gasteiger partial charge in [0.05, 0.1) is 0 Å². The Morgan fingerprint density at radius 3 is 2.24 bits per heavy atom. The Kier molecular flexibility index (Phi) is 7.61. The molecule has 1 unspecified atom stereocenters. The van der Waals surface area contributed by atoms with Gasteiger partial charge < -0.3 is 26.2 Å². The van der Waals surface area contributed by atoms with Gasteiger partial charge in [0.1, 0.15) is 6.10 Å². The van der Waals surface area contributed by atoms with Crippen LogP contribution >= 0.6 is 0 Å². The number of rotatable bonds is 4. The smallest absolute Gasteiger partial charge is 0.475 e. The van der Waals surface area contributed by atoms with Crippen molar-refractivity contribution in [1.82, 2.24) is 10.2 Å². The van der Waals surface area contributed by atoms with Crippen molar-refractivity contribution in [3.8, 4) is 0 Å². The summed E-state index contributed by atoms with van der Waals surface area (Å²) in [5.74, 6) is -3.24. The third kappa shape index (κ3) is 6.50. The second kappa shape index (κ2) is 8.99. The van der Waals surface area contributed by atoms with E-state index in [1.165, 1.54) is 0 Å². The summed E-state index contributed by atoms with van der Waals surface area (Å²) in [6.45, 7) is 2.06. The summed E-state index contributed by atoms with van der Waals surface area (Å²) >= 11 is 0. The standard InChI is InChI=1S/C12H21N3O3.C2HF3O2/c13-9(7-8-3-4-14-11(8)17)10(16)12(18)15-5-1-2-6-15;3-2(4,5)1(6)7/h8-10,16H,1-7,13H2,(H,14,17);(H,6,7)/t8-,9-,10?;/m0./s1. The first-order valence-corrected chi connectivity index (χ1v) is 7.84. The number of nitrogens with zero attached hydrogens (tertiary/aromatic N) is 1. The van der Waals surface area contributed by atoms with E-state index in [0.29, 0.717) is 26.1 Å². The van der Waals surface area contributed by atoms with E-state index in [2.05, 4.69) is 5.32 Å². The number of hydrogen-bond donors (Lipinski definition) is 4. The lowest BCUT2D eigenvalue weighted by molar-refractivity contribution is -0.192. The first-order valence-electron chi connectivity index (χ1n) is 7.84. The number of aliphatic hydroxyl groups is 1. The third-order valence-electron chi connectivity index (χ3n) is 4.04. The van der Waals surface area contributed by atoms with E-state index in [0.717, 1.165) is 19.3 Å². The molecule has 0 aromatic carbocycles. The number of alkyl halides is 3. The zero-order chi connectivity index (χ0) is 19.2. The van der Waals surface area contributed by atoms with E-state index in [4.69, 9.17) is 15.6 Å². The van der Waals surface area contributed by atoms with Crippen LogP contribution < -0.4 is 11.1 Å². The lowest BCUT2D eigenvalue weighted by Crippen LogP contribution is -2.48. The van der Waals surface area contributed by atoms with E-state index in [1.807, 2.05) is 0 Å². The molecule has 8 nitrogen and oxygen atoms in total. The molecule has 2 aliphatic heterocycles. The predicted molar refractivity (Wildman–Crippen MR) is 79.2 cm³/mol. The third-order valence-corrected chi connectivity index (χ3v) is 4.04. The number of aliphatic carboxylic acids is 1. The summed E-state index contributed by atoms with van der Waals surface area (Å²) in [6, 6.07) is -0.660. The first-order chi connectivity index (χ1) is 11.5. The zero-order valence-electron chi connectivity index (χ0n) is 13.5. The number of halogens is 3. The fourth-order valence-corrected chi connectivity index (χ4v) is 2.64. The first kappa shape index (κ1) is 21.2. The number of nitrogens with two attached hydrogens (primary N) is 1. The number of carboxylic acids is 1. The number of carbonyl (C=O) groups is 3. The van der Waals surface area contributed by atoms with Gasteiger partial charge in [-0.15, -0.1) is 0 Å². The number of carboxylic acid groups (broad SMARTS) is 1. The Morgan fingerprint density at radius 2 is 1.84 bits per heavy atom. The minimum atomic E-state index is -5.08. The molecule has 3 atom stereocenters. The summed E-state index contributed by atoms with van der Waals surface area (Å²) in [5.41, 5.74) is 5.85. The molecule has 0 aliphatic carbocycles. The second-order valence-corrected chi connectivity index (χ2v) is 5.96. The van der Waals surface area contributed by atoms with Crippen molar-refractivity contribution in [1.29, 1.82) is 0 Å². The summed E-state index contributed by atoms with van der Waals surface area (Å²) < 4.78 is 31.7. The van der Waals surface area contributed by atoms with Gasteiger partial charge in [-0.05, 0) is 25.7 Å². The quantitative estimate of drug-likeness (QED) is 0.526. The van der Waals surface area contributed by atoms with Gasteiger partial charge in [0.2, 0.25) is 5.91 Å². The predicted octanol–water partition coefficient (Wildman–Crippen LogP) is -0.543. The van der Waals surface area contributed by atoms with E-state index in [9.17, 15) is 27.9 Å². The Bertz CT molecular complexity index is 495. The lowest BCUT2D eigenvalue weighted by Gasteiger charge is -2.24. The highest BCUT2D eigenvalue weighted by Gasteiger charge is 2.38. The average molecular weight is 369 g/mol. The maximum atomic E-state index is 11.9. The molecule has 0 aromatic heterocycles. The highest BCUT2D eigenvalue weighted by molar-refractivity contribution is 5.83. The molecule has 0 radical (unpaired) electrons. The Labute approximate surface area is 142 Å². The molecule has 2 aliphatic rings. The zero-order valence-corrected chi connectivity index (χ0v) is 13.5. The molecule has 5 N–H and O–H groups in total. The van der Waals surface area contributed by atoms with Crippen molar-refractivity contribution < 1.29 is 37.8 Å². The van der Waals surface area contributed by atoms with Gasteiger partial charge in [0.25, 0.3) is 5.91 Å². The molecule has 2 saturated heterocycles. The largest absolute Gasteiger partial charge is 0.490 e. The minimum absolute atomic E-state index is 0.0220. The Hall–Kier alpha value is -1.88. The molecule has 2 fully saturated rings. The van der Waals surface area contributed by atoms with Crippen LogP contribution in [-0.2, 0) is 14.4 Å². The van der Waals surface area contributed by atoms with Gasteiger partial charge in [-0.25, -0.2) is 4.79 Å². The van der Waals surface area contributed by atoms with Crippen molar-refractivity contribution >= 4 is 17.8 Å². The highest BCUT2D eigenvalue weighted by Crippen LogP contribution is 2.18. The van der Waals surface area contributed by atoms with Crippen LogP contribution in [0, 0.1) is 5.92 Å². The molecule has 0 bridgehead atoms. The lowest BCUT2D eigenvalue weighted by atomic mass is 9.95. The Morgan fingerprint density at radius 1 is 1.32 bits per heavy atom. The second-order valence-electron chi connectivity index (χ2n) is 5.96. The van der Waals surface area contributed by atoms with E-state index < -0.39 is 24.3 Å². The van der Waals surface area contributed by atoms with Gasteiger partial charge in [-0.3, -0.25) is 9.59 Å². The maximum Gasteiger partial charge on any atom is 0.490 e. The van der Waals surface area contributed by atoms with Crippen molar-refractivity contribution in [2.24, 2.45) is 11.7 Å². The van der Waals surface area contributed by atoms with Gasteiger partial charge in [0, 0.05) is 31.6 Å². The summed E-state index contributed by atoms with van der Waals surface area (Å²) in [5, 5.41) is 19.8. The summed E-state index contributed by atoms with van der Waals surface area (Å²) in [4.78, 5) is 33.9. The topological polar surface area (TPSA) is 133 Å². The van der Waals surface area contributed by atoms with Crippen LogP contribution in [0.25, 0.3) is 0 Å². The molecule has 11 heteroatoms. The molecule has 144 valence electrons. The molecular formula is C14H22F3N3O5. The normalized spacial score (nSPS) is 22.7. The van der Waals surface area contributed by atoms with Crippen LogP contribution in [0.1, 0.15) is 25.7 Å². The van der Waals surface area contributed by atoms with Crippen LogP contribution in [0.3, 0.4) is 0 Å². The van der Waals surface area contributed by atoms with Gasteiger partial charge >= 0.3 is 12.1 Å². The minimum Gasteiger partial charge on any atom is -0.475 e. The molecular weight excluding hydrogens is 347 g/mol. The van der Waals surface area contributed by atoms with Crippen LogP contribution in [-0.4, -0.2) is 70.9 Å². The van der Waals surface area contributed by atoms with Gasteiger partial charge in [-0.1, -0.05) is 0 Å². The average Bonchev–Trinajstić information content (AvgIpc) is 3.18. The van der Waals surface area contributed by atoms with E-state index in [-0.39, 0.29) is 17.7 Å². The van der Waals surface area contributed by atoms with Crippen molar-refractivity contribution in [2.75, 3.05) is 19.6 Å². The fourth-order valence-electron chi connectivity index (χ4n) is 2.64. The van der Waals surface area contributed by atoms with Gasteiger partial charge in [0.15, 0.2) is 0 Å². The summed E-state index contributed by atoms with van der Waals surface area (Å²) in [7, 11) is 0. The van der Waals surface area contributed by atoms with Gasteiger partial charge in [-0.2, -0.15) is 13.2 Å². The molecule has 0 aromatic rings. The number of hydrogen-bond acceptors (Lipinski definition) is 5. The van der Waals surface area contributed by atoms with E-state index in [1.54, 1.807) is 4.90 Å². The molecule has 2 rings (SSSR count). The van der Waals surface area contributed by atoms with E-state index >= 15 is 0 Å². The van der Waals surface area contributed by atoms with Crippen LogP contribution in [0.4, 0.5) is 13.2 Å². The van der Waals surface area contributed by atoms with Crippen LogP contribution in [0.15, 0.2) is 0 Å². The number of nitrogens with one attached hydrogen (secondary N) is 1. The van der Waals surface area contributed by atoms with Crippen molar-refractivity contribution in [3.63, 3.8) is 0 Å². The van der Waals surface area contributed by atoms with Crippen molar-refractivity contribution in [2.45, 2.75) is 44.0 Å². The SMILES string of the molecule is N[C@@H](C[C@@H]1CCNC1=O)C(O)C(=O)N1CCCC1.O=C(O)C(F)(F)F. The molecule has 2 heterocycles. The Balaban J connectivity index is 0.000000381. The fraction of sp³-hybridized carbons (Fsp3) is 0.786. The number of amides is 2. The number of carbonyl (C=O) groups excluding carboxylic acids is 2. The monoisotopic (exact) mass is 369 g/mol. The number of aliphatic hydroxyl groups excluding tert-OH is 1. The van der Waals surface area contributed by atoms with Crippen LogP contribution in [0.5, 0.6) is 0 Å². The molecule has 0 saturated carbocycles. The highest BCUT2D eigenvalue weighted by atomic mass is 19.4. The molecule has 2 amide bonds. The number of likely N-dealkylation sites (tertiary alicyclic amines) is 1. The molecule has 0 spiro atoms. The summed E-state index contributed by atoms with van der Waals surface area (Å²) in [6.07, 6.45) is -3.20. The van der Waals surface area contributed by atoms with Crippen LogP contribution in [0.2, 0.25) is 0 Å². The maximum absolute atomic E-state index is 11.9.